The summed E-state index contributed by atoms with van der Waals surface area (Å²) < 4.78 is 0. The monoisotopic (exact) mass is 263 g/mol. The molecule has 0 saturated carbocycles. The van der Waals surface area contributed by atoms with Gasteiger partial charge < -0.3 is 10.3 Å². The van der Waals surface area contributed by atoms with Crippen molar-refractivity contribution in [3.05, 3.63) is 53.1 Å². The smallest absolute Gasteiger partial charge is 0.138 e. The van der Waals surface area contributed by atoms with Gasteiger partial charge in [-0.1, -0.05) is 30.3 Å². The third kappa shape index (κ3) is 1.74. The van der Waals surface area contributed by atoms with Gasteiger partial charge in [-0.2, -0.15) is 0 Å². The van der Waals surface area contributed by atoms with Gasteiger partial charge in [-0.25, -0.2) is 4.98 Å². The molecule has 100 valence electrons. The van der Waals surface area contributed by atoms with E-state index in [1.807, 2.05) is 0 Å². The Bertz CT molecular complexity index is 786. The lowest BCUT2D eigenvalue weighted by atomic mass is 9.95. The van der Waals surface area contributed by atoms with E-state index in [4.69, 9.17) is 4.98 Å². The minimum Gasteiger partial charge on any atom is -0.338 e. The molecule has 0 atom stereocenters. The minimum absolute atomic E-state index is 0.961. The third-order valence-electron chi connectivity index (χ3n) is 4.11. The Morgan fingerprint density at radius 3 is 2.90 bits per heavy atom. The van der Waals surface area contributed by atoms with Crippen LogP contribution in [-0.2, 0) is 13.0 Å². The van der Waals surface area contributed by atoms with E-state index in [0.717, 1.165) is 36.4 Å². The van der Waals surface area contributed by atoms with Crippen molar-refractivity contribution in [3.8, 4) is 11.4 Å². The van der Waals surface area contributed by atoms with Crippen molar-refractivity contribution in [3.63, 3.8) is 0 Å². The lowest BCUT2D eigenvalue weighted by Gasteiger charge is -2.19. The summed E-state index contributed by atoms with van der Waals surface area (Å²) in [4.78, 5) is 8.29. The number of fused-ring (bicyclic) bond motifs is 2. The second-order valence-electron chi connectivity index (χ2n) is 5.43. The lowest BCUT2D eigenvalue weighted by molar-refractivity contribution is 0.644. The summed E-state index contributed by atoms with van der Waals surface area (Å²) in [6.07, 6.45) is 1.07. The van der Waals surface area contributed by atoms with Crippen LogP contribution >= 0.6 is 0 Å². The molecule has 1 aliphatic heterocycles. The van der Waals surface area contributed by atoms with Crippen molar-refractivity contribution in [2.45, 2.75) is 19.9 Å². The van der Waals surface area contributed by atoms with Gasteiger partial charge in [-0.3, -0.25) is 0 Å². The summed E-state index contributed by atoms with van der Waals surface area (Å²) in [6.45, 7) is 4.11. The van der Waals surface area contributed by atoms with Crippen molar-refractivity contribution in [1.82, 2.24) is 15.3 Å². The maximum absolute atomic E-state index is 4.81. The Balaban J connectivity index is 1.93. The number of imidazole rings is 1. The van der Waals surface area contributed by atoms with Gasteiger partial charge in [0, 0.05) is 12.1 Å². The predicted octanol–water partition coefficient (Wildman–Crippen LogP) is 3.18. The number of H-pyrrole nitrogens is 1. The van der Waals surface area contributed by atoms with Crippen LogP contribution in [-0.4, -0.2) is 16.5 Å². The molecule has 2 aromatic carbocycles. The molecule has 4 rings (SSSR count). The maximum Gasteiger partial charge on any atom is 0.138 e. The van der Waals surface area contributed by atoms with Gasteiger partial charge in [0.2, 0.25) is 0 Å². The summed E-state index contributed by atoms with van der Waals surface area (Å²) in [5.74, 6) is 0.994. The van der Waals surface area contributed by atoms with E-state index in [0.29, 0.717) is 0 Å². The number of nitrogens with one attached hydrogen (secondary N) is 2. The van der Waals surface area contributed by atoms with E-state index in [9.17, 15) is 0 Å². The van der Waals surface area contributed by atoms with Crippen LogP contribution in [0.15, 0.2) is 36.4 Å². The van der Waals surface area contributed by atoms with Crippen LogP contribution in [0.5, 0.6) is 0 Å². The number of benzene rings is 2. The van der Waals surface area contributed by atoms with Gasteiger partial charge in [0.1, 0.15) is 5.82 Å². The van der Waals surface area contributed by atoms with Gasteiger partial charge in [0.15, 0.2) is 0 Å². The highest BCUT2D eigenvalue weighted by atomic mass is 14.9. The Kier molecular flexibility index (Phi) is 2.60. The van der Waals surface area contributed by atoms with Crippen LogP contribution in [0.4, 0.5) is 0 Å². The molecule has 0 amide bonds. The second-order valence-corrected chi connectivity index (χ2v) is 5.43. The van der Waals surface area contributed by atoms with Gasteiger partial charge >= 0.3 is 0 Å². The minimum atomic E-state index is 0.961. The van der Waals surface area contributed by atoms with Crippen LogP contribution in [0.25, 0.3) is 22.4 Å². The van der Waals surface area contributed by atoms with Crippen LogP contribution < -0.4 is 5.32 Å². The molecule has 3 nitrogen and oxygen atoms in total. The quantitative estimate of drug-likeness (QED) is 0.708. The fourth-order valence-corrected chi connectivity index (χ4v) is 3.06. The van der Waals surface area contributed by atoms with Crippen molar-refractivity contribution in [1.29, 1.82) is 0 Å². The normalized spacial score (nSPS) is 14.4. The molecule has 2 N–H and O–H groups in total. The second kappa shape index (κ2) is 4.46. The first-order chi connectivity index (χ1) is 9.83. The number of para-hydroxylation sites is 1. The number of aromatic amines is 1. The zero-order valence-corrected chi connectivity index (χ0v) is 11.5. The first kappa shape index (κ1) is 11.7. The number of aromatic nitrogens is 2. The molecule has 0 fully saturated rings. The Labute approximate surface area is 118 Å². The van der Waals surface area contributed by atoms with Gasteiger partial charge in [-0.05, 0) is 42.6 Å². The number of hydrogen-bond donors (Lipinski definition) is 2. The lowest BCUT2D eigenvalue weighted by Crippen LogP contribution is -2.24. The molecule has 0 unspecified atom stereocenters. The first-order valence-corrected chi connectivity index (χ1v) is 7.10. The fraction of sp³-hybridized carbons (Fsp3) is 0.235. The van der Waals surface area contributed by atoms with Crippen LogP contribution in [0.1, 0.15) is 16.7 Å². The van der Waals surface area contributed by atoms with Crippen molar-refractivity contribution in [2.75, 3.05) is 6.54 Å². The van der Waals surface area contributed by atoms with Gasteiger partial charge in [0.25, 0.3) is 0 Å². The van der Waals surface area contributed by atoms with E-state index >= 15 is 0 Å². The molecular weight excluding hydrogens is 246 g/mol. The number of rotatable bonds is 1. The van der Waals surface area contributed by atoms with Gasteiger partial charge in [0.05, 0.1) is 11.0 Å². The third-order valence-corrected chi connectivity index (χ3v) is 4.11. The van der Waals surface area contributed by atoms with Crippen molar-refractivity contribution < 1.29 is 0 Å². The zero-order chi connectivity index (χ0) is 13.5. The molecule has 3 heteroatoms. The Morgan fingerprint density at radius 1 is 1.10 bits per heavy atom. The molecule has 1 aromatic heterocycles. The predicted molar refractivity (Wildman–Crippen MR) is 81.7 cm³/mol. The number of nitrogens with zero attached hydrogens (tertiary/aromatic N) is 1. The summed E-state index contributed by atoms with van der Waals surface area (Å²) in [5.41, 5.74) is 7.49. The van der Waals surface area contributed by atoms with E-state index in [2.05, 4.69) is 53.6 Å². The summed E-state index contributed by atoms with van der Waals surface area (Å²) in [5, 5.41) is 3.42. The van der Waals surface area contributed by atoms with Crippen molar-refractivity contribution >= 4 is 11.0 Å². The average Bonchev–Trinajstić information content (AvgIpc) is 2.92. The Hall–Kier alpha value is -2.13. The highest BCUT2D eigenvalue weighted by molar-refractivity contribution is 5.82. The molecule has 2 heterocycles. The van der Waals surface area contributed by atoms with E-state index < -0.39 is 0 Å². The van der Waals surface area contributed by atoms with E-state index in [1.165, 1.54) is 22.3 Å². The highest BCUT2D eigenvalue weighted by Crippen LogP contribution is 2.28. The van der Waals surface area contributed by atoms with Crippen molar-refractivity contribution in [2.24, 2.45) is 0 Å². The SMILES string of the molecule is Cc1cccc2[nH]c(-c3cccc4c3CCNC4)nc12. The molecule has 0 radical (unpaired) electrons. The van der Waals surface area contributed by atoms with Gasteiger partial charge in [-0.15, -0.1) is 0 Å². The average molecular weight is 263 g/mol. The molecule has 20 heavy (non-hydrogen) atoms. The number of hydrogen-bond acceptors (Lipinski definition) is 2. The largest absolute Gasteiger partial charge is 0.338 e. The van der Waals surface area contributed by atoms with Crippen LogP contribution in [0.3, 0.4) is 0 Å². The Morgan fingerprint density at radius 2 is 2.00 bits per heavy atom. The molecular formula is C17H17N3. The van der Waals surface area contributed by atoms with Crippen LogP contribution in [0.2, 0.25) is 0 Å². The molecule has 0 saturated heterocycles. The molecule has 0 aliphatic carbocycles. The molecule has 0 bridgehead atoms. The standard InChI is InChI=1S/C17H17N3/c1-11-4-2-7-15-16(11)20-17(19-15)14-6-3-5-12-10-18-9-8-13(12)14/h2-7,18H,8-10H2,1H3,(H,19,20). The maximum atomic E-state index is 4.81. The summed E-state index contributed by atoms with van der Waals surface area (Å²) in [7, 11) is 0. The zero-order valence-electron chi connectivity index (χ0n) is 11.5. The molecule has 3 aromatic rings. The summed E-state index contributed by atoms with van der Waals surface area (Å²) >= 11 is 0. The highest BCUT2D eigenvalue weighted by Gasteiger charge is 2.16. The first-order valence-electron chi connectivity index (χ1n) is 7.10. The molecule has 1 aliphatic rings. The van der Waals surface area contributed by atoms with Crippen LogP contribution in [0, 0.1) is 6.92 Å². The molecule has 0 spiro atoms. The van der Waals surface area contributed by atoms with E-state index in [1.54, 1.807) is 0 Å². The number of aryl methyl sites for hydroxylation is 1. The topological polar surface area (TPSA) is 40.7 Å². The fourth-order valence-electron chi connectivity index (χ4n) is 3.06. The van der Waals surface area contributed by atoms with E-state index in [-0.39, 0.29) is 0 Å². The summed E-state index contributed by atoms with van der Waals surface area (Å²) in [6, 6.07) is 12.8.